The van der Waals surface area contributed by atoms with E-state index >= 15 is 0 Å². The number of methoxy groups -OCH3 is 1. The number of halogens is 3. The van der Waals surface area contributed by atoms with Gasteiger partial charge < -0.3 is 9.84 Å². The van der Waals surface area contributed by atoms with Crippen LogP contribution in [0.1, 0.15) is 15.9 Å². The summed E-state index contributed by atoms with van der Waals surface area (Å²) >= 11 is 5.50. The molecule has 1 aromatic rings. The summed E-state index contributed by atoms with van der Waals surface area (Å²) in [5.74, 6) is -4.76. The van der Waals surface area contributed by atoms with Crippen LogP contribution in [0.25, 0.3) is 0 Å². The average molecular weight is 237 g/mol. The fourth-order valence-corrected chi connectivity index (χ4v) is 1.23. The molecule has 6 heteroatoms. The van der Waals surface area contributed by atoms with Gasteiger partial charge in [-0.2, -0.15) is 0 Å². The van der Waals surface area contributed by atoms with Crippen LogP contribution in [0, 0.1) is 18.6 Å². The lowest BCUT2D eigenvalue weighted by atomic mass is 10.1. The van der Waals surface area contributed by atoms with Gasteiger partial charge in [0.1, 0.15) is 5.56 Å². The highest BCUT2D eigenvalue weighted by Gasteiger charge is 2.26. The second-order valence-corrected chi connectivity index (χ2v) is 3.16. The number of hydrogen-bond acceptors (Lipinski definition) is 3. The number of ether oxygens (including phenoxy) is 1. The monoisotopic (exact) mass is 236 g/mol. The molecule has 0 aliphatic rings. The van der Waals surface area contributed by atoms with Gasteiger partial charge in [0.05, 0.1) is 12.1 Å². The zero-order valence-corrected chi connectivity index (χ0v) is 8.65. The van der Waals surface area contributed by atoms with Gasteiger partial charge in [-0.05, 0) is 6.92 Å². The molecule has 0 bridgehead atoms. The zero-order valence-electron chi connectivity index (χ0n) is 7.90. The Bertz CT molecular complexity index is 403. The van der Waals surface area contributed by atoms with Crippen LogP contribution in [-0.2, 0) is 4.74 Å². The van der Waals surface area contributed by atoms with Crippen LogP contribution < -0.4 is 0 Å². The molecule has 82 valence electrons. The van der Waals surface area contributed by atoms with E-state index in [0.717, 1.165) is 7.11 Å². The molecule has 0 aliphatic heterocycles. The first-order valence-electron chi connectivity index (χ1n) is 3.86. The Morgan fingerprint density at radius 2 is 1.93 bits per heavy atom. The summed E-state index contributed by atoms with van der Waals surface area (Å²) in [6, 6.07) is 0. The van der Waals surface area contributed by atoms with E-state index in [-0.39, 0.29) is 5.56 Å². The molecule has 0 aromatic heterocycles. The molecule has 3 nitrogen and oxygen atoms in total. The molecule has 0 saturated carbocycles. The summed E-state index contributed by atoms with van der Waals surface area (Å²) in [6.07, 6.45) is 0. The maximum atomic E-state index is 13.2. The predicted molar refractivity (Wildman–Crippen MR) is 49.1 cm³/mol. The molecular formula is C9H7ClF2O3. The van der Waals surface area contributed by atoms with E-state index in [1.54, 1.807) is 0 Å². The molecule has 0 radical (unpaired) electrons. The average Bonchev–Trinajstić information content (AvgIpc) is 2.23. The second-order valence-electron chi connectivity index (χ2n) is 2.78. The van der Waals surface area contributed by atoms with Gasteiger partial charge in [0.25, 0.3) is 0 Å². The molecule has 15 heavy (non-hydrogen) atoms. The number of carbonyl (C=O) groups excluding carboxylic acids is 1. The second kappa shape index (κ2) is 4.02. The Hall–Kier alpha value is -1.36. The van der Waals surface area contributed by atoms with Gasteiger partial charge in [0.15, 0.2) is 17.4 Å². The summed E-state index contributed by atoms with van der Waals surface area (Å²) in [7, 11) is 0.979. The van der Waals surface area contributed by atoms with Gasteiger partial charge in [-0.1, -0.05) is 11.6 Å². The Kier molecular flexibility index (Phi) is 3.14. The molecule has 1 rings (SSSR count). The van der Waals surface area contributed by atoms with E-state index in [1.807, 2.05) is 0 Å². The number of esters is 1. The Morgan fingerprint density at radius 1 is 1.40 bits per heavy atom. The molecule has 0 saturated heterocycles. The standard InChI is InChI=1S/C9H7ClF2O3/c1-3-5(10)8(13)4(9(14)15-2)7(12)6(3)11/h13H,1-2H3. The molecule has 0 heterocycles. The quantitative estimate of drug-likeness (QED) is 0.602. The summed E-state index contributed by atoms with van der Waals surface area (Å²) in [6.45, 7) is 1.18. The van der Waals surface area contributed by atoms with Gasteiger partial charge in [0.2, 0.25) is 0 Å². The Balaban J connectivity index is 3.60. The normalized spacial score (nSPS) is 10.2. The van der Waals surface area contributed by atoms with Crippen molar-refractivity contribution in [1.29, 1.82) is 0 Å². The number of aromatic hydroxyl groups is 1. The highest BCUT2D eigenvalue weighted by Crippen LogP contribution is 2.35. The highest BCUT2D eigenvalue weighted by atomic mass is 35.5. The lowest BCUT2D eigenvalue weighted by Gasteiger charge is -2.09. The first kappa shape index (κ1) is 11.7. The lowest BCUT2D eigenvalue weighted by Crippen LogP contribution is -2.08. The van der Waals surface area contributed by atoms with Gasteiger partial charge in [-0.25, -0.2) is 13.6 Å². The first-order valence-corrected chi connectivity index (χ1v) is 4.24. The minimum Gasteiger partial charge on any atom is -0.505 e. The van der Waals surface area contributed by atoms with Crippen molar-refractivity contribution in [2.45, 2.75) is 6.92 Å². The summed E-state index contributed by atoms with van der Waals surface area (Å²) in [4.78, 5) is 11.0. The van der Waals surface area contributed by atoms with E-state index in [2.05, 4.69) is 4.74 Å². The minimum absolute atomic E-state index is 0.265. The van der Waals surface area contributed by atoms with Gasteiger partial charge in [-0.3, -0.25) is 0 Å². The van der Waals surface area contributed by atoms with Crippen molar-refractivity contribution in [3.63, 3.8) is 0 Å². The molecule has 0 aliphatic carbocycles. The van der Waals surface area contributed by atoms with Crippen LogP contribution in [0.2, 0.25) is 5.02 Å². The van der Waals surface area contributed by atoms with Crippen molar-refractivity contribution in [3.8, 4) is 5.75 Å². The maximum absolute atomic E-state index is 13.2. The van der Waals surface area contributed by atoms with Crippen LogP contribution in [0.4, 0.5) is 8.78 Å². The third-order valence-electron chi connectivity index (χ3n) is 1.90. The van der Waals surface area contributed by atoms with Crippen LogP contribution >= 0.6 is 11.6 Å². The number of hydrogen-bond donors (Lipinski definition) is 1. The van der Waals surface area contributed by atoms with Crippen molar-refractivity contribution in [2.24, 2.45) is 0 Å². The summed E-state index contributed by atoms with van der Waals surface area (Å²) < 4.78 is 30.6. The Labute approximate surface area is 89.2 Å². The summed E-state index contributed by atoms with van der Waals surface area (Å²) in [5, 5.41) is 8.94. The van der Waals surface area contributed by atoms with Crippen molar-refractivity contribution in [2.75, 3.05) is 7.11 Å². The third kappa shape index (κ3) is 1.74. The van der Waals surface area contributed by atoms with Crippen LogP contribution in [0.3, 0.4) is 0 Å². The number of benzene rings is 1. The fourth-order valence-electron chi connectivity index (χ4n) is 1.05. The molecule has 1 N–H and O–H groups in total. The number of phenolic OH excluding ortho intramolecular Hbond substituents is 1. The third-order valence-corrected chi connectivity index (χ3v) is 2.37. The first-order chi connectivity index (χ1) is 6.91. The highest BCUT2D eigenvalue weighted by molar-refractivity contribution is 6.33. The van der Waals surface area contributed by atoms with Crippen molar-refractivity contribution in [3.05, 3.63) is 27.8 Å². The molecule has 0 spiro atoms. The van der Waals surface area contributed by atoms with Crippen molar-refractivity contribution >= 4 is 17.6 Å². The van der Waals surface area contributed by atoms with Crippen LogP contribution in [0.5, 0.6) is 5.75 Å². The SMILES string of the molecule is COC(=O)c1c(O)c(Cl)c(C)c(F)c1F. The van der Waals surface area contributed by atoms with Crippen molar-refractivity contribution < 1.29 is 23.4 Å². The lowest BCUT2D eigenvalue weighted by molar-refractivity contribution is 0.0590. The van der Waals surface area contributed by atoms with Gasteiger partial charge in [0, 0.05) is 5.56 Å². The fraction of sp³-hybridized carbons (Fsp3) is 0.222. The summed E-state index contributed by atoms with van der Waals surface area (Å²) in [5.41, 5.74) is -1.16. The van der Waals surface area contributed by atoms with E-state index in [0.29, 0.717) is 0 Å². The predicted octanol–water partition coefficient (Wildman–Crippen LogP) is 2.42. The van der Waals surface area contributed by atoms with E-state index in [4.69, 9.17) is 11.6 Å². The minimum atomic E-state index is -1.47. The smallest absolute Gasteiger partial charge is 0.344 e. The molecule has 1 aromatic carbocycles. The largest absolute Gasteiger partial charge is 0.505 e. The molecule has 0 unspecified atom stereocenters. The van der Waals surface area contributed by atoms with Gasteiger partial charge in [-0.15, -0.1) is 0 Å². The zero-order chi connectivity index (χ0) is 11.7. The number of carbonyl (C=O) groups is 1. The Morgan fingerprint density at radius 3 is 2.40 bits per heavy atom. The number of phenols is 1. The molecule has 0 amide bonds. The van der Waals surface area contributed by atoms with E-state index in [1.165, 1.54) is 6.92 Å². The molecular weight excluding hydrogens is 230 g/mol. The molecule has 0 atom stereocenters. The van der Waals surface area contributed by atoms with Gasteiger partial charge >= 0.3 is 5.97 Å². The van der Waals surface area contributed by atoms with Crippen LogP contribution in [0.15, 0.2) is 0 Å². The maximum Gasteiger partial charge on any atom is 0.344 e. The van der Waals surface area contributed by atoms with E-state index < -0.39 is 33.9 Å². The molecule has 0 fully saturated rings. The van der Waals surface area contributed by atoms with Crippen LogP contribution in [-0.4, -0.2) is 18.2 Å². The number of rotatable bonds is 1. The van der Waals surface area contributed by atoms with E-state index in [9.17, 15) is 18.7 Å². The topological polar surface area (TPSA) is 46.5 Å². The van der Waals surface area contributed by atoms with Crippen molar-refractivity contribution in [1.82, 2.24) is 0 Å².